The molecule has 0 heterocycles. The zero-order chi connectivity index (χ0) is 13.7. The maximum Gasteiger partial charge on any atom is 0.223 e. The first-order chi connectivity index (χ1) is 8.47. The number of hydrogen-bond acceptors (Lipinski definition) is 4. The Bertz CT molecular complexity index is 458. The van der Waals surface area contributed by atoms with Gasteiger partial charge >= 0.3 is 0 Å². The molecule has 0 saturated heterocycles. The van der Waals surface area contributed by atoms with E-state index in [1.807, 2.05) is 18.2 Å². The van der Waals surface area contributed by atoms with Gasteiger partial charge in [-0.15, -0.1) is 0 Å². The standard InChI is InChI=1S/C13H19N3O2/c1-9(17)8-15-12-6-4-5-11(7-14)13(12)16(3)10(2)18/h4-6,15H,7-8,14H2,1-3H3. The van der Waals surface area contributed by atoms with Gasteiger partial charge in [0.05, 0.1) is 17.9 Å². The summed E-state index contributed by atoms with van der Waals surface area (Å²) in [5, 5.41) is 3.02. The first-order valence-corrected chi connectivity index (χ1v) is 5.77. The number of nitrogens with one attached hydrogen (secondary N) is 1. The van der Waals surface area contributed by atoms with Crippen molar-refractivity contribution in [2.45, 2.75) is 20.4 Å². The monoisotopic (exact) mass is 249 g/mol. The molecule has 1 aromatic rings. The minimum absolute atomic E-state index is 0.0320. The molecule has 1 aromatic carbocycles. The topological polar surface area (TPSA) is 75.4 Å². The van der Waals surface area contributed by atoms with Crippen molar-refractivity contribution in [1.82, 2.24) is 0 Å². The number of nitrogens with two attached hydrogens (primary N) is 1. The molecule has 1 amide bonds. The first kappa shape index (κ1) is 14.2. The van der Waals surface area contributed by atoms with E-state index in [0.717, 1.165) is 16.9 Å². The molecule has 18 heavy (non-hydrogen) atoms. The van der Waals surface area contributed by atoms with Crippen LogP contribution in [0.4, 0.5) is 11.4 Å². The summed E-state index contributed by atoms with van der Waals surface area (Å²) in [6.07, 6.45) is 0. The van der Waals surface area contributed by atoms with Gasteiger partial charge in [-0.2, -0.15) is 0 Å². The van der Waals surface area contributed by atoms with Crippen LogP contribution in [0.3, 0.4) is 0 Å². The van der Waals surface area contributed by atoms with Crippen LogP contribution in [-0.2, 0) is 16.1 Å². The molecule has 0 saturated carbocycles. The highest BCUT2D eigenvalue weighted by Gasteiger charge is 2.15. The molecule has 5 heteroatoms. The fourth-order valence-electron chi connectivity index (χ4n) is 1.67. The molecule has 0 fully saturated rings. The summed E-state index contributed by atoms with van der Waals surface area (Å²) in [5.41, 5.74) is 8.01. The van der Waals surface area contributed by atoms with Crippen molar-refractivity contribution in [3.8, 4) is 0 Å². The summed E-state index contributed by atoms with van der Waals surface area (Å²) in [6, 6.07) is 5.55. The van der Waals surface area contributed by atoms with Gasteiger partial charge in [0, 0.05) is 20.5 Å². The van der Waals surface area contributed by atoms with Crippen LogP contribution in [0.15, 0.2) is 18.2 Å². The summed E-state index contributed by atoms with van der Waals surface area (Å²) < 4.78 is 0. The van der Waals surface area contributed by atoms with Crippen molar-refractivity contribution in [2.75, 3.05) is 23.8 Å². The number of rotatable bonds is 5. The molecule has 0 unspecified atom stereocenters. The Morgan fingerprint density at radius 1 is 1.33 bits per heavy atom. The fraction of sp³-hybridized carbons (Fsp3) is 0.385. The third-order valence-electron chi connectivity index (χ3n) is 2.68. The molecule has 3 N–H and O–H groups in total. The van der Waals surface area contributed by atoms with Crippen LogP contribution >= 0.6 is 0 Å². The molecule has 0 bridgehead atoms. The lowest BCUT2D eigenvalue weighted by Gasteiger charge is -2.22. The summed E-state index contributed by atoms with van der Waals surface area (Å²) >= 11 is 0. The van der Waals surface area contributed by atoms with Crippen molar-refractivity contribution in [2.24, 2.45) is 5.73 Å². The van der Waals surface area contributed by atoms with Crippen molar-refractivity contribution in [1.29, 1.82) is 0 Å². The van der Waals surface area contributed by atoms with E-state index in [1.165, 1.54) is 18.7 Å². The Morgan fingerprint density at radius 2 is 2.00 bits per heavy atom. The Morgan fingerprint density at radius 3 is 2.50 bits per heavy atom. The van der Waals surface area contributed by atoms with E-state index in [1.54, 1.807) is 7.05 Å². The first-order valence-electron chi connectivity index (χ1n) is 5.77. The van der Waals surface area contributed by atoms with Gasteiger partial charge in [-0.25, -0.2) is 0 Å². The Kier molecular flexibility index (Phi) is 4.85. The van der Waals surface area contributed by atoms with E-state index in [4.69, 9.17) is 5.73 Å². The van der Waals surface area contributed by atoms with Gasteiger partial charge in [0.2, 0.25) is 5.91 Å². The number of carbonyl (C=O) groups excluding carboxylic acids is 2. The highest BCUT2D eigenvalue weighted by molar-refractivity contribution is 5.96. The number of benzene rings is 1. The van der Waals surface area contributed by atoms with E-state index in [2.05, 4.69) is 5.32 Å². The number of para-hydroxylation sites is 1. The Balaban J connectivity index is 3.15. The van der Waals surface area contributed by atoms with Gasteiger partial charge in [0.25, 0.3) is 0 Å². The third-order valence-corrected chi connectivity index (χ3v) is 2.68. The largest absolute Gasteiger partial charge is 0.376 e. The maximum absolute atomic E-state index is 11.5. The predicted molar refractivity (Wildman–Crippen MR) is 72.6 cm³/mol. The minimum Gasteiger partial charge on any atom is -0.376 e. The van der Waals surface area contributed by atoms with Crippen molar-refractivity contribution in [3.63, 3.8) is 0 Å². The van der Waals surface area contributed by atoms with E-state index in [9.17, 15) is 9.59 Å². The molecule has 0 spiro atoms. The zero-order valence-electron chi connectivity index (χ0n) is 11.0. The van der Waals surface area contributed by atoms with Gasteiger partial charge in [-0.1, -0.05) is 12.1 Å². The summed E-state index contributed by atoms with van der Waals surface area (Å²) in [6.45, 7) is 3.56. The smallest absolute Gasteiger partial charge is 0.223 e. The number of ketones is 1. The second-order valence-electron chi connectivity index (χ2n) is 4.15. The summed E-state index contributed by atoms with van der Waals surface area (Å²) in [4.78, 5) is 24.0. The summed E-state index contributed by atoms with van der Waals surface area (Å²) in [7, 11) is 1.69. The lowest BCUT2D eigenvalue weighted by molar-refractivity contribution is -0.116. The van der Waals surface area contributed by atoms with Crippen LogP contribution in [0.5, 0.6) is 0 Å². The third kappa shape index (κ3) is 3.30. The number of hydrogen-bond donors (Lipinski definition) is 2. The fourth-order valence-corrected chi connectivity index (χ4v) is 1.67. The number of amides is 1. The van der Waals surface area contributed by atoms with Crippen LogP contribution < -0.4 is 16.0 Å². The van der Waals surface area contributed by atoms with Gasteiger partial charge in [-0.3, -0.25) is 9.59 Å². The second kappa shape index (κ2) is 6.16. The highest BCUT2D eigenvalue weighted by Crippen LogP contribution is 2.29. The molecule has 0 aliphatic rings. The van der Waals surface area contributed by atoms with E-state index < -0.39 is 0 Å². The van der Waals surface area contributed by atoms with Gasteiger partial charge in [-0.05, 0) is 18.6 Å². The van der Waals surface area contributed by atoms with Gasteiger partial charge < -0.3 is 16.0 Å². The lowest BCUT2D eigenvalue weighted by atomic mass is 10.1. The summed E-state index contributed by atoms with van der Waals surface area (Å²) in [5.74, 6) is -0.0497. The van der Waals surface area contributed by atoms with Crippen LogP contribution in [0.25, 0.3) is 0 Å². The second-order valence-corrected chi connectivity index (χ2v) is 4.15. The van der Waals surface area contributed by atoms with Gasteiger partial charge in [0.1, 0.15) is 5.78 Å². The van der Waals surface area contributed by atoms with Crippen molar-refractivity contribution >= 4 is 23.1 Å². The lowest BCUT2D eigenvalue weighted by Crippen LogP contribution is -2.26. The molecule has 0 aliphatic carbocycles. The molecule has 1 rings (SSSR count). The maximum atomic E-state index is 11.5. The SMILES string of the molecule is CC(=O)CNc1cccc(CN)c1N(C)C(C)=O. The molecular formula is C13H19N3O2. The average Bonchev–Trinajstić information content (AvgIpc) is 2.34. The zero-order valence-corrected chi connectivity index (χ0v) is 11.0. The van der Waals surface area contributed by atoms with Crippen molar-refractivity contribution < 1.29 is 9.59 Å². The minimum atomic E-state index is -0.0817. The average molecular weight is 249 g/mol. The molecule has 0 radical (unpaired) electrons. The van der Waals surface area contributed by atoms with Crippen LogP contribution in [0.2, 0.25) is 0 Å². The molecule has 0 aliphatic heterocycles. The number of Topliss-reactive ketones (excluding diaryl/α,β-unsaturated/α-hetero) is 1. The number of nitrogens with zero attached hydrogens (tertiary/aromatic N) is 1. The van der Waals surface area contributed by atoms with E-state index >= 15 is 0 Å². The number of anilines is 2. The van der Waals surface area contributed by atoms with Crippen LogP contribution in [0.1, 0.15) is 19.4 Å². The normalized spacial score (nSPS) is 10.0. The van der Waals surface area contributed by atoms with Gasteiger partial charge in [0.15, 0.2) is 0 Å². The quantitative estimate of drug-likeness (QED) is 0.820. The molecule has 5 nitrogen and oxygen atoms in total. The van der Waals surface area contributed by atoms with Crippen LogP contribution in [-0.4, -0.2) is 25.3 Å². The van der Waals surface area contributed by atoms with Crippen molar-refractivity contribution in [3.05, 3.63) is 23.8 Å². The predicted octanol–water partition coefficient (Wildman–Crippen LogP) is 1.13. The van der Waals surface area contributed by atoms with Crippen LogP contribution in [0, 0.1) is 0 Å². The number of carbonyl (C=O) groups is 2. The molecule has 0 aromatic heterocycles. The molecule has 98 valence electrons. The molecule has 0 atom stereocenters. The highest BCUT2D eigenvalue weighted by atomic mass is 16.2. The Labute approximate surface area is 107 Å². The van der Waals surface area contributed by atoms with E-state index in [-0.39, 0.29) is 18.2 Å². The molecular weight excluding hydrogens is 230 g/mol. The Hall–Kier alpha value is -1.88. The van der Waals surface area contributed by atoms with E-state index in [0.29, 0.717) is 6.54 Å².